The maximum Gasteiger partial charge on any atom is 0.0328 e. The van der Waals surface area contributed by atoms with Gasteiger partial charge < -0.3 is 5.32 Å². The molecular weight excluding hydrogens is 218 g/mol. The van der Waals surface area contributed by atoms with E-state index in [9.17, 15) is 0 Å². The van der Waals surface area contributed by atoms with Crippen LogP contribution in [-0.4, -0.2) is 6.04 Å². The smallest absolute Gasteiger partial charge is 0.0328 e. The Hall–Kier alpha value is -0.820. The molecular formula is C17H25N. The average molecular weight is 243 g/mol. The van der Waals surface area contributed by atoms with Crippen LogP contribution in [0.5, 0.6) is 0 Å². The van der Waals surface area contributed by atoms with E-state index in [1.165, 1.54) is 32.1 Å². The summed E-state index contributed by atoms with van der Waals surface area (Å²) < 4.78 is 0. The number of aryl methyl sites for hydroxylation is 1. The molecule has 1 saturated carbocycles. The summed E-state index contributed by atoms with van der Waals surface area (Å²) in [5.74, 6) is 1.78. The van der Waals surface area contributed by atoms with Crippen LogP contribution in [0.25, 0.3) is 0 Å². The van der Waals surface area contributed by atoms with E-state index in [1.807, 2.05) is 0 Å². The van der Waals surface area contributed by atoms with E-state index in [4.69, 9.17) is 0 Å². The summed E-state index contributed by atoms with van der Waals surface area (Å²) in [6, 6.07) is 10.3. The van der Waals surface area contributed by atoms with Crippen molar-refractivity contribution in [3.05, 3.63) is 35.4 Å². The monoisotopic (exact) mass is 243 g/mol. The van der Waals surface area contributed by atoms with E-state index in [1.54, 1.807) is 11.1 Å². The third-order valence-electron chi connectivity index (χ3n) is 4.75. The van der Waals surface area contributed by atoms with Crippen molar-refractivity contribution in [1.29, 1.82) is 0 Å². The van der Waals surface area contributed by atoms with Gasteiger partial charge in [0.05, 0.1) is 0 Å². The van der Waals surface area contributed by atoms with Gasteiger partial charge in [-0.05, 0) is 55.1 Å². The van der Waals surface area contributed by atoms with Crippen molar-refractivity contribution < 1.29 is 0 Å². The van der Waals surface area contributed by atoms with Crippen LogP contribution in [0.1, 0.15) is 56.7 Å². The molecule has 3 unspecified atom stereocenters. The van der Waals surface area contributed by atoms with E-state index in [0.29, 0.717) is 6.04 Å². The molecule has 1 heteroatoms. The fourth-order valence-corrected chi connectivity index (χ4v) is 4.10. The highest BCUT2D eigenvalue weighted by Gasteiger charge is 2.28. The molecule has 0 bridgehead atoms. The van der Waals surface area contributed by atoms with Gasteiger partial charge in [0.15, 0.2) is 0 Å². The minimum absolute atomic E-state index is 0.615. The molecule has 0 amide bonds. The molecule has 1 fully saturated rings. The molecule has 1 N–H and O–H groups in total. The summed E-state index contributed by atoms with van der Waals surface area (Å²) in [7, 11) is 0. The Morgan fingerprint density at radius 2 is 1.72 bits per heavy atom. The number of rotatable bonds is 2. The zero-order valence-corrected chi connectivity index (χ0v) is 11.7. The molecule has 1 aromatic carbocycles. The quantitative estimate of drug-likeness (QED) is 0.825. The molecule has 2 aliphatic rings. The number of fused-ring (bicyclic) bond motifs is 1. The molecule has 0 aromatic heterocycles. The van der Waals surface area contributed by atoms with Gasteiger partial charge in [-0.2, -0.15) is 0 Å². The summed E-state index contributed by atoms with van der Waals surface area (Å²) in [6.45, 7) is 4.82. The van der Waals surface area contributed by atoms with Gasteiger partial charge in [-0.1, -0.05) is 38.1 Å². The van der Waals surface area contributed by atoms with Crippen molar-refractivity contribution in [2.45, 2.75) is 58.0 Å². The lowest BCUT2D eigenvalue weighted by Crippen LogP contribution is -2.38. The molecule has 0 spiro atoms. The summed E-state index contributed by atoms with van der Waals surface area (Å²) in [5, 5.41) is 3.93. The summed E-state index contributed by atoms with van der Waals surface area (Å²) in [6.07, 6.45) is 6.69. The van der Waals surface area contributed by atoms with Crippen LogP contribution >= 0.6 is 0 Å². The minimum Gasteiger partial charge on any atom is -0.307 e. The van der Waals surface area contributed by atoms with Crippen LogP contribution in [0.3, 0.4) is 0 Å². The first-order valence-corrected chi connectivity index (χ1v) is 7.56. The molecule has 3 atom stereocenters. The van der Waals surface area contributed by atoms with Crippen LogP contribution < -0.4 is 5.32 Å². The van der Waals surface area contributed by atoms with Gasteiger partial charge >= 0.3 is 0 Å². The van der Waals surface area contributed by atoms with Crippen molar-refractivity contribution in [1.82, 2.24) is 5.32 Å². The Bertz CT molecular complexity index is 402. The first-order chi connectivity index (χ1) is 8.72. The van der Waals surface area contributed by atoms with Gasteiger partial charge in [0.25, 0.3) is 0 Å². The summed E-state index contributed by atoms with van der Waals surface area (Å²) >= 11 is 0. The maximum absolute atomic E-state index is 3.93. The predicted molar refractivity (Wildman–Crippen MR) is 76.6 cm³/mol. The highest BCUT2D eigenvalue weighted by atomic mass is 15.0. The zero-order chi connectivity index (χ0) is 12.5. The first kappa shape index (κ1) is 12.2. The fraction of sp³-hybridized carbons (Fsp3) is 0.647. The second-order valence-corrected chi connectivity index (χ2v) is 6.57. The van der Waals surface area contributed by atoms with Crippen molar-refractivity contribution >= 4 is 0 Å². The second-order valence-electron chi connectivity index (χ2n) is 6.57. The molecule has 1 nitrogen and oxygen atoms in total. The van der Waals surface area contributed by atoms with Crippen LogP contribution in [0.4, 0.5) is 0 Å². The lowest BCUT2D eigenvalue weighted by atomic mass is 9.80. The topological polar surface area (TPSA) is 12.0 Å². The van der Waals surface area contributed by atoms with Crippen molar-refractivity contribution in [3.8, 4) is 0 Å². The lowest BCUT2D eigenvalue weighted by Gasteiger charge is -2.34. The Morgan fingerprint density at radius 1 is 1.00 bits per heavy atom. The third-order valence-corrected chi connectivity index (χ3v) is 4.75. The largest absolute Gasteiger partial charge is 0.307 e. The number of nitrogens with one attached hydrogen (secondary N) is 1. The van der Waals surface area contributed by atoms with Crippen molar-refractivity contribution in [2.75, 3.05) is 0 Å². The number of benzene rings is 1. The molecule has 0 aliphatic heterocycles. The van der Waals surface area contributed by atoms with Crippen molar-refractivity contribution in [2.24, 2.45) is 11.8 Å². The molecule has 0 heterocycles. The molecule has 1 aromatic rings. The normalized spacial score (nSPS) is 35.4. The highest BCUT2D eigenvalue weighted by molar-refractivity contribution is 5.34. The molecule has 18 heavy (non-hydrogen) atoms. The zero-order valence-electron chi connectivity index (χ0n) is 11.7. The Kier molecular flexibility index (Phi) is 3.43. The van der Waals surface area contributed by atoms with E-state index < -0.39 is 0 Å². The average Bonchev–Trinajstić information content (AvgIpc) is 2.72. The van der Waals surface area contributed by atoms with Crippen LogP contribution in [0.15, 0.2) is 24.3 Å². The van der Waals surface area contributed by atoms with E-state index in [2.05, 4.69) is 43.4 Å². The molecule has 2 aliphatic carbocycles. The molecule has 98 valence electrons. The van der Waals surface area contributed by atoms with Gasteiger partial charge in [-0.15, -0.1) is 0 Å². The predicted octanol–water partition coefficient (Wildman–Crippen LogP) is 4.09. The standard InChI is InChI=1S/C17H25N/c1-12-9-13(2)11-15(10-12)18-17-8-7-14-5-3-4-6-16(14)17/h3-6,12-13,15,17-18H,7-11H2,1-2H3. The molecule has 0 radical (unpaired) electrons. The SMILES string of the molecule is CC1CC(C)CC(NC2CCc3ccccc32)C1. The first-order valence-electron chi connectivity index (χ1n) is 7.56. The third kappa shape index (κ3) is 2.47. The van der Waals surface area contributed by atoms with E-state index >= 15 is 0 Å². The maximum atomic E-state index is 3.93. The molecule has 0 saturated heterocycles. The highest BCUT2D eigenvalue weighted by Crippen LogP contribution is 2.34. The number of hydrogen-bond acceptors (Lipinski definition) is 1. The van der Waals surface area contributed by atoms with Gasteiger partial charge in [0, 0.05) is 12.1 Å². The van der Waals surface area contributed by atoms with E-state index in [-0.39, 0.29) is 0 Å². The minimum atomic E-state index is 0.615. The number of hydrogen-bond donors (Lipinski definition) is 1. The Morgan fingerprint density at radius 3 is 2.50 bits per heavy atom. The van der Waals surface area contributed by atoms with Gasteiger partial charge in [-0.3, -0.25) is 0 Å². The Labute approximate surface area is 111 Å². The van der Waals surface area contributed by atoms with Gasteiger partial charge in [0.1, 0.15) is 0 Å². The second kappa shape index (κ2) is 5.05. The van der Waals surface area contributed by atoms with Crippen LogP contribution in [0, 0.1) is 11.8 Å². The summed E-state index contributed by atoms with van der Waals surface area (Å²) in [4.78, 5) is 0. The van der Waals surface area contributed by atoms with Crippen molar-refractivity contribution in [3.63, 3.8) is 0 Å². The lowest BCUT2D eigenvalue weighted by molar-refractivity contribution is 0.225. The van der Waals surface area contributed by atoms with Crippen LogP contribution in [-0.2, 0) is 6.42 Å². The molecule has 3 rings (SSSR count). The van der Waals surface area contributed by atoms with E-state index in [0.717, 1.165) is 17.9 Å². The Balaban J connectivity index is 1.67. The fourth-order valence-electron chi connectivity index (χ4n) is 4.10. The summed E-state index contributed by atoms with van der Waals surface area (Å²) in [5.41, 5.74) is 3.12. The van der Waals surface area contributed by atoms with Gasteiger partial charge in [-0.25, -0.2) is 0 Å². The van der Waals surface area contributed by atoms with Gasteiger partial charge in [0.2, 0.25) is 0 Å². The van der Waals surface area contributed by atoms with Crippen LogP contribution in [0.2, 0.25) is 0 Å².